The molecule has 0 atom stereocenters. The number of nitrogens with two attached hydrogens (primary N) is 1. The zero-order valence-electron chi connectivity index (χ0n) is 10.1. The average molecular weight is 367 g/mol. The summed E-state index contributed by atoms with van der Waals surface area (Å²) in [6.07, 6.45) is -4.77. The number of anilines is 1. The Labute approximate surface area is 124 Å². The molecular formula is C11H7BrF4N4O. The van der Waals surface area contributed by atoms with E-state index in [9.17, 15) is 17.6 Å². The minimum Gasteiger partial charge on any atom is -0.439 e. The van der Waals surface area contributed by atoms with Gasteiger partial charge in [-0.05, 0) is 28.1 Å². The summed E-state index contributed by atoms with van der Waals surface area (Å²) in [4.78, 5) is 6.37. The molecule has 1 heterocycles. The molecule has 10 heteroatoms. The molecule has 0 radical (unpaired) electrons. The first-order valence-electron chi connectivity index (χ1n) is 5.35. The molecule has 0 unspecified atom stereocenters. The van der Waals surface area contributed by atoms with Crippen LogP contribution in [0.2, 0.25) is 0 Å². The van der Waals surface area contributed by atoms with Gasteiger partial charge in [0.25, 0.3) is 0 Å². The molecule has 0 fully saturated rings. The van der Waals surface area contributed by atoms with Gasteiger partial charge in [0.1, 0.15) is 17.4 Å². The second-order valence-corrected chi connectivity index (χ2v) is 4.59. The molecule has 0 aliphatic carbocycles. The molecule has 0 amide bonds. The molecule has 0 bridgehead atoms. The molecule has 2 aromatic rings. The van der Waals surface area contributed by atoms with Gasteiger partial charge in [0.05, 0.1) is 4.47 Å². The summed E-state index contributed by atoms with van der Waals surface area (Å²) in [5.41, 5.74) is 1.97. The van der Waals surface area contributed by atoms with Gasteiger partial charge in [0.15, 0.2) is 0 Å². The van der Waals surface area contributed by atoms with Gasteiger partial charge < -0.3 is 10.2 Å². The van der Waals surface area contributed by atoms with Crippen molar-refractivity contribution in [3.63, 3.8) is 0 Å². The Morgan fingerprint density at radius 1 is 1.19 bits per heavy atom. The zero-order valence-corrected chi connectivity index (χ0v) is 11.7. The molecule has 3 N–H and O–H groups in total. The van der Waals surface area contributed by atoms with Gasteiger partial charge in [0, 0.05) is 12.1 Å². The SMILES string of the molecule is NNc1cc(Oc2ccc(Br)c(F)c2)nc(C(F)(F)F)n1. The second-order valence-electron chi connectivity index (χ2n) is 3.74. The van der Waals surface area contributed by atoms with Crippen molar-refractivity contribution in [1.82, 2.24) is 9.97 Å². The van der Waals surface area contributed by atoms with E-state index in [1.165, 1.54) is 12.1 Å². The number of hydrazine groups is 1. The molecule has 0 spiro atoms. The zero-order chi connectivity index (χ0) is 15.6. The van der Waals surface area contributed by atoms with E-state index in [-0.39, 0.29) is 16.0 Å². The number of nitrogen functional groups attached to an aromatic ring is 1. The maximum atomic E-state index is 13.3. The molecule has 5 nitrogen and oxygen atoms in total. The lowest BCUT2D eigenvalue weighted by molar-refractivity contribution is -0.145. The molecule has 0 saturated carbocycles. The fourth-order valence-electron chi connectivity index (χ4n) is 1.34. The van der Waals surface area contributed by atoms with Crippen LogP contribution in [-0.4, -0.2) is 9.97 Å². The summed E-state index contributed by atoms with van der Waals surface area (Å²) in [5, 5.41) is 0. The molecule has 0 saturated heterocycles. The number of nitrogens with one attached hydrogen (secondary N) is 1. The van der Waals surface area contributed by atoms with Crippen molar-refractivity contribution >= 4 is 21.7 Å². The number of alkyl halides is 3. The van der Waals surface area contributed by atoms with Crippen LogP contribution in [-0.2, 0) is 6.18 Å². The van der Waals surface area contributed by atoms with E-state index in [2.05, 4.69) is 25.9 Å². The van der Waals surface area contributed by atoms with Crippen LogP contribution < -0.4 is 16.0 Å². The molecule has 0 aliphatic heterocycles. The van der Waals surface area contributed by atoms with Gasteiger partial charge in [-0.2, -0.15) is 18.2 Å². The highest BCUT2D eigenvalue weighted by molar-refractivity contribution is 9.10. The quantitative estimate of drug-likeness (QED) is 0.494. The van der Waals surface area contributed by atoms with Crippen LogP contribution in [0, 0.1) is 5.82 Å². The van der Waals surface area contributed by atoms with Crippen LogP contribution in [0.1, 0.15) is 5.82 Å². The van der Waals surface area contributed by atoms with Crippen molar-refractivity contribution in [1.29, 1.82) is 0 Å². The third kappa shape index (κ3) is 3.79. The number of ether oxygens (including phenoxy) is 1. The van der Waals surface area contributed by atoms with Gasteiger partial charge in [-0.1, -0.05) is 0 Å². The van der Waals surface area contributed by atoms with E-state index in [1.807, 2.05) is 5.43 Å². The van der Waals surface area contributed by atoms with Crippen molar-refractivity contribution < 1.29 is 22.3 Å². The van der Waals surface area contributed by atoms with Gasteiger partial charge in [-0.15, -0.1) is 0 Å². The third-order valence-corrected chi connectivity index (χ3v) is 2.86. The van der Waals surface area contributed by atoms with Gasteiger partial charge in [0.2, 0.25) is 11.7 Å². The summed E-state index contributed by atoms with van der Waals surface area (Å²) in [7, 11) is 0. The van der Waals surface area contributed by atoms with Gasteiger partial charge >= 0.3 is 6.18 Å². The van der Waals surface area contributed by atoms with Crippen molar-refractivity contribution in [3.05, 3.63) is 40.4 Å². The Morgan fingerprint density at radius 3 is 2.48 bits per heavy atom. The van der Waals surface area contributed by atoms with Crippen LogP contribution >= 0.6 is 15.9 Å². The number of hydrogen-bond acceptors (Lipinski definition) is 5. The monoisotopic (exact) mass is 366 g/mol. The predicted octanol–water partition coefficient (Wildman–Crippen LogP) is 3.47. The fraction of sp³-hybridized carbons (Fsp3) is 0.0909. The van der Waals surface area contributed by atoms with Crippen molar-refractivity contribution in [2.24, 2.45) is 5.84 Å². The van der Waals surface area contributed by atoms with E-state index in [0.29, 0.717) is 0 Å². The summed E-state index contributed by atoms with van der Waals surface area (Å²) in [6.45, 7) is 0. The fourth-order valence-corrected chi connectivity index (χ4v) is 1.59. The van der Waals surface area contributed by atoms with Crippen LogP contribution in [0.3, 0.4) is 0 Å². The Kier molecular flexibility index (Phi) is 4.28. The number of benzene rings is 1. The van der Waals surface area contributed by atoms with Gasteiger partial charge in [-0.3, -0.25) is 0 Å². The minimum atomic E-state index is -4.77. The molecule has 2 rings (SSSR count). The third-order valence-electron chi connectivity index (χ3n) is 2.22. The molecule has 0 aliphatic rings. The highest BCUT2D eigenvalue weighted by atomic mass is 79.9. The van der Waals surface area contributed by atoms with E-state index >= 15 is 0 Å². The van der Waals surface area contributed by atoms with Crippen molar-refractivity contribution in [2.45, 2.75) is 6.18 Å². The first-order chi connectivity index (χ1) is 9.79. The lowest BCUT2D eigenvalue weighted by atomic mass is 10.3. The first kappa shape index (κ1) is 15.4. The van der Waals surface area contributed by atoms with Gasteiger partial charge in [-0.25, -0.2) is 15.2 Å². The lowest BCUT2D eigenvalue weighted by Gasteiger charge is -2.10. The number of nitrogens with zero attached hydrogens (tertiary/aromatic N) is 2. The highest BCUT2D eigenvalue weighted by Crippen LogP contribution is 2.31. The predicted molar refractivity (Wildman–Crippen MR) is 69.0 cm³/mol. The van der Waals surface area contributed by atoms with Crippen LogP contribution in [0.15, 0.2) is 28.7 Å². The van der Waals surface area contributed by atoms with Crippen LogP contribution in [0.4, 0.5) is 23.4 Å². The molecule has 112 valence electrons. The van der Waals surface area contributed by atoms with E-state index in [4.69, 9.17) is 10.6 Å². The summed E-state index contributed by atoms with van der Waals surface area (Å²) < 4.78 is 56.5. The highest BCUT2D eigenvalue weighted by Gasteiger charge is 2.35. The smallest absolute Gasteiger partial charge is 0.439 e. The van der Waals surface area contributed by atoms with E-state index in [0.717, 1.165) is 12.1 Å². The Bertz CT molecular complexity index is 665. The molecular weight excluding hydrogens is 360 g/mol. The van der Waals surface area contributed by atoms with Crippen LogP contribution in [0.5, 0.6) is 11.6 Å². The Morgan fingerprint density at radius 2 is 1.90 bits per heavy atom. The molecule has 1 aromatic carbocycles. The Hall–Kier alpha value is -1.94. The van der Waals surface area contributed by atoms with Crippen molar-refractivity contribution in [2.75, 3.05) is 5.43 Å². The first-order valence-corrected chi connectivity index (χ1v) is 6.14. The number of hydrogen-bond donors (Lipinski definition) is 2. The molecule has 1 aromatic heterocycles. The topological polar surface area (TPSA) is 73.1 Å². The van der Waals surface area contributed by atoms with E-state index < -0.39 is 23.7 Å². The number of halogens is 5. The summed E-state index contributed by atoms with van der Waals surface area (Å²) in [5.74, 6) is 2.25. The largest absolute Gasteiger partial charge is 0.451 e. The Balaban J connectivity index is 2.36. The number of aromatic nitrogens is 2. The summed E-state index contributed by atoms with van der Waals surface area (Å²) >= 11 is 2.94. The standard InChI is InChI=1S/C11H7BrF4N4O/c12-6-2-1-5(3-7(6)13)21-9-4-8(20-17)18-10(19-9)11(14,15)16/h1-4H,17H2,(H,18,19,20). The maximum Gasteiger partial charge on any atom is 0.451 e. The average Bonchev–Trinajstić information content (AvgIpc) is 2.41. The minimum absolute atomic E-state index is 0.0227. The lowest BCUT2D eigenvalue weighted by Crippen LogP contribution is -2.16. The summed E-state index contributed by atoms with van der Waals surface area (Å²) in [6, 6.07) is 4.75. The number of rotatable bonds is 3. The van der Waals surface area contributed by atoms with Crippen molar-refractivity contribution in [3.8, 4) is 11.6 Å². The maximum absolute atomic E-state index is 13.3. The van der Waals surface area contributed by atoms with E-state index in [1.54, 1.807) is 0 Å². The second kappa shape index (κ2) is 5.82. The van der Waals surface area contributed by atoms with Crippen LogP contribution in [0.25, 0.3) is 0 Å². The molecule has 21 heavy (non-hydrogen) atoms. The normalized spacial score (nSPS) is 11.3.